The summed E-state index contributed by atoms with van der Waals surface area (Å²) in [5.41, 5.74) is 6.07. The number of nitrogens with one attached hydrogen (secondary N) is 1. The van der Waals surface area contributed by atoms with Gasteiger partial charge in [0.25, 0.3) is 0 Å². The second-order valence-electron chi connectivity index (χ2n) is 5.15. The first-order valence-electron chi connectivity index (χ1n) is 6.65. The molecule has 116 valence electrons. The van der Waals surface area contributed by atoms with Crippen LogP contribution in [0.25, 0.3) is 0 Å². The minimum atomic E-state index is -3.65. The van der Waals surface area contributed by atoms with E-state index < -0.39 is 10.0 Å². The van der Waals surface area contributed by atoms with E-state index in [0.29, 0.717) is 29.7 Å². The molecule has 1 heterocycles. The van der Waals surface area contributed by atoms with E-state index in [4.69, 9.17) is 5.73 Å². The molecule has 0 aromatic heterocycles. The summed E-state index contributed by atoms with van der Waals surface area (Å²) in [7, 11) is -3.65. The van der Waals surface area contributed by atoms with Crippen molar-refractivity contribution >= 4 is 37.5 Å². The summed E-state index contributed by atoms with van der Waals surface area (Å²) in [5, 5.41) is 0. The molecule has 6 nitrogen and oxygen atoms in total. The Morgan fingerprint density at radius 3 is 2.76 bits per heavy atom. The molecule has 8 heteroatoms. The van der Waals surface area contributed by atoms with Crippen molar-refractivity contribution in [1.29, 1.82) is 0 Å². The molecular formula is C13H18BrN3O3S. The second kappa shape index (κ2) is 6.33. The van der Waals surface area contributed by atoms with Gasteiger partial charge in [0.1, 0.15) is 0 Å². The van der Waals surface area contributed by atoms with Gasteiger partial charge in [-0.25, -0.2) is 13.1 Å². The normalized spacial score (nSPS) is 17.2. The Hall–Kier alpha value is -1.12. The molecule has 0 spiro atoms. The minimum Gasteiger partial charge on any atom is -0.398 e. The summed E-state index contributed by atoms with van der Waals surface area (Å²) in [6.45, 7) is 2.81. The van der Waals surface area contributed by atoms with Gasteiger partial charge in [-0.15, -0.1) is 0 Å². The highest BCUT2D eigenvalue weighted by molar-refractivity contribution is 9.10. The first-order chi connectivity index (χ1) is 9.79. The number of sulfonamides is 1. The molecule has 3 N–H and O–H groups in total. The number of halogens is 1. The van der Waals surface area contributed by atoms with Gasteiger partial charge in [-0.2, -0.15) is 0 Å². The van der Waals surface area contributed by atoms with Crippen LogP contribution in [-0.2, 0) is 14.8 Å². The number of hydrogen-bond acceptors (Lipinski definition) is 4. The molecule has 1 saturated heterocycles. The maximum atomic E-state index is 12.3. The van der Waals surface area contributed by atoms with Gasteiger partial charge in [-0.1, -0.05) is 0 Å². The van der Waals surface area contributed by atoms with Gasteiger partial charge in [-0.3, -0.25) is 4.79 Å². The number of anilines is 1. The number of rotatable bonds is 5. The van der Waals surface area contributed by atoms with E-state index in [1.54, 1.807) is 17.9 Å². The molecule has 1 fully saturated rings. The fourth-order valence-corrected chi connectivity index (χ4v) is 3.80. The van der Waals surface area contributed by atoms with Crippen LogP contribution >= 0.6 is 15.9 Å². The SMILES string of the molecule is CC(CN1CCCC1=O)NS(=O)(=O)c1ccc(Br)c(N)c1. The maximum absolute atomic E-state index is 12.3. The van der Waals surface area contributed by atoms with Crippen LogP contribution in [0.3, 0.4) is 0 Å². The van der Waals surface area contributed by atoms with Crippen LogP contribution in [-0.4, -0.2) is 38.4 Å². The van der Waals surface area contributed by atoms with Crippen molar-refractivity contribution in [3.8, 4) is 0 Å². The Labute approximate surface area is 132 Å². The third-order valence-electron chi connectivity index (χ3n) is 3.30. The highest BCUT2D eigenvalue weighted by atomic mass is 79.9. The minimum absolute atomic E-state index is 0.0777. The molecule has 1 aromatic carbocycles. The highest BCUT2D eigenvalue weighted by Gasteiger charge is 2.24. The van der Waals surface area contributed by atoms with Gasteiger partial charge in [0.2, 0.25) is 15.9 Å². The first-order valence-corrected chi connectivity index (χ1v) is 8.92. The molecule has 0 aliphatic carbocycles. The van der Waals surface area contributed by atoms with E-state index in [1.807, 2.05) is 0 Å². The van der Waals surface area contributed by atoms with Gasteiger partial charge in [-0.05, 0) is 47.5 Å². The largest absolute Gasteiger partial charge is 0.398 e. The molecule has 0 radical (unpaired) electrons. The molecule has 1 amide bonds. The molecule has 0 bridgehead atoms. The smallest absolute Gasteiger partial charge is 0.240 e. The Morgan fingerprint density at radius 1 is 1.48 bits per heavy atom. The Balaban J connectivity index is 2.06. The summed E-state index contributed by atoms with van der Waals surface area (Å²) >= 11 is 3.23. The summed E-state index contributed by atoms with van der Waals surface area (Å²) in [5.74, 6) is 0.0777. The van der Waals surface area contributed by atoms with E-state index in [0.717, 1.165) is 6.42 Å². The van der Waals surface area contributed by atoms with Crippen molar-refractivity contribution in [2.75, 3.05) is 18.8 Å². The topological polar surface area (TPSA) is 92.5 Å². The molecule has 1 aromatic rings. The predicted molar refractivity (Wildman–Crippen MR) is 84.2 cm³/mol. The Morgan fingerprint density at radius 2 is 2.19 bits per heavy atom. The van der Waals surface area contributed by atoms with Gasteiger partial charge >= 0.3 is 0 Å². The fourth-order valence-electron chi connectivity index (χ4n) is 2.29. The van der Waals surface area contributed by atoms with Gasteiger partial charge < -0.3 is 10.6 Å². The van der Waals surface area contributed by atoms with Crippen LogP contribution in [0, 0.1) is 0 Å². The predicted octanol–water partition coefficient (Wildman–Crippen LogP) is 1.32. The van der Waals surface area contributed by atoms with Gasteiger partial charge in [0, 0.05) is 35.7 Å². The number of hydrogen-bond donors (Lipinski definition) is 2. The average molecular weight is 376 g/mol. The van der Waals surface area contributed by atoms with Crippen LogP contribution < -0.4 is 10.5 Å². The summed E-state index contributed by atoms with van der Waals surface area (Å²) in [4.78, 5) is 13.4. The first kappa shape index (κ1) is 16.3. The number of carbonyl (C=O) groups excluding carboxylic acids is 1. The van der Waals surface area contributed by atoms with E-state index in [-0.39, 0.29) is 16.8 Å². The number of nitrogens with two attached hydrogens (primary N) is 1. The third-order valence-corrected chi connectivity index (χ3v) is 5.61. The molecule has 1 aliphatic heterocycles. The summed E-state index contributed by atoms with van der Waals surface area (Å²) in [6, 6.07) is 4.12. The number of nitrogen functional groups attached to an aromatic ring is 1. The fraction of sp³-hybridized carbons (Fsp3) is 0.462. The van der Waals surface area contributed by atoms with Crippen LogP contribution in [0.2, 0.25) is 0 Å². The molecule has 1 unspecified atom stereocenters. The third kappa shape index (κ3) is 3.96. The van der Waals surface area contributed by atoms with Crippen molar-refractivity contribution < 1.29 is 13.2 Å². The average Bonchev–Trinajstić information content (AvgIpc) is 2.77. The van der Waals surface area contributed by atoms with E-state index in [9.17, 15) is 13.2 Å². The zero-order valence-electron chi connectivity index (χ0n) is 11.7. The molecule has 21 heavy (non-hydrogen) atoms. The highest BCUT2D eigenvalue weighted by Crippen LogP contribution is 2.23. The number of amides is 1. The van der Waals surface area contributed by atoms with Crippen molar-refractivity contribution in [3.63, 3.8) is 0 Å². The molecule has 1 aliphatic rings. The second-order valence-corrected chi connectivity index (χ2v) is 7.72. The lowest BCUT2D eigenvalue weighted by Gasteiger charge is -2.21. The van der Waals surface area contributed by atoms with Gasteiger partial charge in [0.15, 0.2) is 0 Å². The quantitative estimate of drug-likeness (QED) is 0.759. The molecule has 2 rings (SSSR count). The molecule has 0 saturated carbocycles. The molecule has 1 atom stereocenters. The number of carbonyl (C=O) groups is 1. The number of likely N-dealkylation sites (tertiary alicyclic amines) is 1. The van der Waals surface area contributed by atoms with Crippen LogP contribution in [0.15, 0.2) is 27.6 Å². The lowest BCUT2D eigenvalue weighted by molar-refractivity contribution is -0.127. The van der Waals surface area contributed by atoms with Crippen molar-refractivity contribution in [3.05, 3.63) is 22.7 Å². The number of nitrogens with zero attached hydrogens (tertiary/aromatic N) is 1. The van der Waals surface area contributed by atoms with Crippen LogP contribution in [0.1, 0.15) is 19.8 Å². The van der Waals surface area contributed by atoms with Crippen LogP contribution in [0.5, 0.6) is 0 Å². The standard InChI is InChI=1S/C13H18BrN3O3S/c1-9(8-17-6-2-3-13(17)18)16-21(19,20)10-4-5-11(14)12(15)7-10/h4-5,7,9,16H,2-3,6,8,15H2,1H3. The van der Waals surface area contributed by atoms with E-state index in [1.165, 1.54) is 12.1 Å². The lowest BCUT2D eigenvalue weighted by Crippen LogP contribution is -2.42. The van der Waals surface area contributed by atoms with E-state index >= 15 is 0 Å². The lowest BCUT2D eigenvalue weighted by atomic mass is 10.3. The zero-order chi connectivity index (χ0) is 15.6. The summed E-state index contributed by atoms with van der Waals surface area (Å²) in [6.07, 6.45) is 1.38. The Kier molecular flexibility index (Phi) is 4.90. The maximum Gasteiger partial charge on any atom is 0.240 e. The van der Waals surface area contributed by atoms with E-state index in [2.05, 4.69) is 20.7 Å². The molecular weight excluding hydrogens is 358 g/mol. The van der Waals surface area contributed by atoms with Crippen molar-refractivity contribution in [2.45, 2.75) is 30.7 Å². The van der Waals surface area contributed by atoms with Gasteiger partial charge in [0.05, 0.1) is 4.90 Å². The summed E-state index contributed by atoms with van der Waals surface area (Å²) < 4.78 is 27.8. The Bertz CT molecular complexity index is 648. The van der Waals surface area contributed by atoms with Crippen molar-refractivity contribution in [1.82, 2.24) is 9.62 Å². The van der Waals surface area contributed by atoms with Crippen molar-refractivity contribution in [2.24, 2.45) is 0 Å². The van der Waals surface area contributed by atoms with Crippen LogP contribution in [0.4, 0.5) is 5.69 Å². The zero-order valence-corrected chi connectivity index (χ0v) is 14.1. The monoisotopic (exact) mass is 375 g/mol. The number of benzene rings is 1.